The highest BCUT2D eigenvalue weighted by Gasteiger charge is 2.35. The zero-order valence-electron chi connectivity index (χ0n) is 18.3. The highest BCUT2D eigenvalue weighted by molar-refractivity contribution is 8.18. The van der Waals surface area contributed by atoms with Crippen LogP contribution < -0.4 is 4.90 Å². The summed E-state index contributed by atoms with van der Waals surface area (Å²) in [4.78, 5) is 29.5. The molecule has 31 heavy (non-hydrogen) atoms. The van der Waals surface area contributed by atoms with E-state index in [1.54, 1.807) is 12.1 Å². The van der Waals surface area contributed by atoms with Crippen LogP contribution in [0.5, 0.6) is 0 Å². The normalized spacial score (nSPS) is 19.2. The third-order valence-corrected chi connectivity index (χ3v) is 7.18. The molecule has 4 rings (SSSR count). The fourth-order valence-corrected chi connectivity index (χ4v) is 4.98. The van der Waals surface area contributed by atoms with Crippen LogP contribution in [0.15, 0.2) is 47.4 Å². The van der Waals surface area contributed by atoms with Gasteiger partial charge in [-0.05, 0) is 92.1 Å². The molecule has 1 saturated heterocycles. The summed E-state index contributed by atoms with van der Waals surface area (Å²) < 4.78 is 0. The monoisotopic (exact) mass is 452 g/mol. The minimum absolute atomic E-state index is 0.0602. The molecule has 160 valence electrons. The molecule has 2 amide bonds. The number of likely N-dealkylation sites (N-methyl/N-ethyl adjacent to an activating group) is 1. The second-order valence-corrected chi connectivity index (χ2v) is 10.1. The van der Waals surface area contributed by atoms with E-state index in [1.807, 2.05) is 25.1 Å². The van der Waals surface area contributed by atoms with Crippen molar-refractivity contribution in [2.75, 3.05) is 11.9 Å². The van der Waals surface area contributed by atoms with Crippen LogP contribution in [0, 0.1) is 6.92 Å². The lowest BCUT2D eigenvalue weighted by Gasteiger charge is -2.41. The van der Waals surface area contributed by atoms with Gasteiger partial charge in [-0.15, -0.1) is 0 Å². The maximum absolute atomic E-state index is 13.0. The van der Waals surface area contributed by atoms with Crippen LogP contribution in [-0.4, -0.2) is 28.6 Å². The average molecular weight is 453 g/mol. The number of thioether (sulfide) groups is 1. The van der Waals surface area contributed by atoms with Crippen LogP contribution in [0.3, 0.4) is 0 Å². The molecule has 0 aromatic heterocycles. The van der Waals surface area contributed by atoms with Gasteiger partial charge in [0, 0.05) is 23.3 Å². The first kappa shape index (κ1) is 21.7. The van der Waals surface area contributed by atoms with Gasteiger partial charge in [-0.25, -0.2) is 0 Å². The molecule has 0 spiro atoms. The number of amides is 2. The third-order valence-electron chi connectivity index (χ3n) is 6.02. The molecule has 2 aromatic rings. The van der Waals surface area contributed by atoms with Crippen molar-refractivity contribution in [2.24, 2.45) is 0 Å². The molecule has 0 aliphatic carbocycles. The average Bonchev–Trinajstić information content (AvgIpc) is 2.96. The topological polar surface area (TPSA) is 40.6 Å². The lowest BCUT2D eigenvalue weighted by Crippen LogP contribution is -2.42. The van der Waals surface area contributed by atoms with E-state index >= 15 is 0 Å². The predicted octanol–water partition coefficient (Wildman–Crippen LogP) is 6.52. The Morgan fingerprint density at radius 1 is 1.10 bits per heavy atom. The molecule has 0 atom stereocenters. The lowest BCUT2D eigenvalue weighted by atomic mass is 9.87. The number of halogens is 1. The fraction of sp³-hybridized carbons (Fsp3) is 0.280. The number of fused-ring (bicyclic) bond motifs is 1. The van der Waals surface area contributed by atoms with Crippen LogP contribution in [0.1, 0.15) is 43.0 Å². The van der Waals surface area contributed by atoms with Crippen molar-refractivity contribution in [3.63, 3.8) is 0 Å². The Kier molecular flexibility index (Phi) is 5.52. The molecule has 0 radical (unpaired) electrons. The summed E-state index contributed by atoms with van der Waals surface area (Å²) in [6.45, 7) is 8.79. The summed E-state index contributed by atoms with van der Waals surface area (Å²) in [7, 11) is 2.10. The zero-order chi connectivity index (χ0) is 22.5. The van der Waals surface area contributed by atoms with Gasteiger partial charge in [0.1, 0.15) is 0 Å². The molecule has 2 aliphatic heterocycles. The summed E-state index contributed by atoms with van der Waals surface area (Å²) in [5, 5.41) is 0.374. The van der Waals surface area contributed by atoms with Crippen LogP contribution in [-0.2, 0) is 11.3 Å². The highest BCUT2D eigenvalue weighted by atomic mass is 35.5. The summed E-state index contributed by atoms with van der Waals surface area (Å²) in [6.07, 6.45) is 4.10. The largest absolute Gasteiger partial charge is 0.365 e. The van der Waals surface area contributed by atoms with E-state index in [4.69, 9.17) is 11.6 Å². The number of carbonyl (C=O) groups excluding carboxylic acids is 2. The van der Waals surface area contributed by atoms with Gasteiger partial charge in [0.2, 0.25) is 0 Å². The number of carbonyl (C=O) groups is 2. The van der Waals surface area contributed by atoms with Crippen molar-refractivity contribution in [2.45, 2.75) is 39.8 Å². The zero-order valence-corrected chi connectivity index (χ0v) is 19.9. The molecule has 0 N–H and O–H groups in total. The SMILES string of the molecule is CC1=CC(C)(C)N(C)c2cc(C)c(/C=C3\SC(=O)N(Cc4ccc(Cl)cc4)C3=O)cc21. The Morgan fingerprint density at radius 2 is 1.77 bits per heavy atom. The standard InChI is InChI=1S/C25H25ClN2O2S/c1-15-10-21-20(16(2)13-25(3,4)27(21)5)11-18(15)12-22-23(29)28(24(30)31-22)14-17-6-8-19(26)9-7-17/h6-13H,14H2,1-5H3/b22-12-. The van der Waals surface area contributed by atoms with E-state index in [-0.39, 0.29) is 23.2 Å². The first-order valence-corrected chi connectivity index (χ1v) is 11.3. The Morgan fingerprint density at radius 3 is 2.45 bits per heavy atom. The number of nitrogens with zero attached hydrogens (tertiary/aromatic N) is 2. The van der Waals surface area contributed by atoms with E-state index < -0.39 is 0 Å². The minimum atomic E-state index is -0.257. The number of hydrogen-bond donors (Lipinski definition) is 0. The fourth-order valence-electron chi connectivity index (χ4n) is 4.02. The Bertz CT molecular complexity index is 1150. The van der Waals surface area contributed by atoms with Crippen molar-refractivity contribution in [3.05, 3.63) is 74.7 Å². The number of anilines is 1. The van der Waals surface area contributed by atoms with Gasteiger partial charge in [0.25, 0.3) is 11.1 Å². The molecule has 1 fully saturated rings. The summed E-state index contributed by atoms with van der Waals surface area (Å²) in [5.74, 6) is -0.257. The highest BCUT2D eigenvalue weighted by Crippen LogP contribution is 2.40. The van der Waals surface area contributed by atoms with Crippen LogP contribution in [0.4, 0.5) is 10.5 Å². The van der Waals surface area contributed by atoms with Crippen LogP contribution >= 0.6 is 23.4 Å². The van der Waals surface area contributed by atoms with E-state index in [0.717, 1.165) is 34.0 Å². The molecule has 2 aromatic carbocycles. The van der Waals surface area contributed by atoms with E-state index in [1.165, 1.54) is 16.2 Å². The molecule has 2 aliphatic rings. The number of aryl methyl sites for hydroxylation is 1. The lowest BCUT2D eigenvalue weighted by molar-refractivity contribution is -0.123. The number of hydrogen-bond acceptors (Lipinski definition) is 4. The first-order chi connectivity index (χ1) is 14.6. The molecule has 0 unspecified atom stereocenters. The Balaban J connectivity index is 1.65. The van der Waals surface area contributed by atoms with Gasteiger partial charge in [-0.1, -0.05) is 29.8 Å². The van der Waals surface area contributed by atoms with Gasteiger partial charge >= 0.3 is 0 Å². The third kappa shape index (κ3) is 4.04. The first-order valence-electron chi connectivity index (χ1n) is 10.1. The van der Waals surface area contributed by atoms with Gasteiger partial charge in [0.15, 0.2) is 0 Å². The Hall–Kier alpha value is -2.50. The smallest absolute Gasteiger partial charge is 0.293 e. The summed E-state index contributed by atoms with van der Waals surface area (Å²) in [5.41, 5.74) is 6.37. The maximum atomic E-state index is 13.0. The predicted molar refractivity (Wildman–Crippen MR) is 130 cm³/mol. The second kappa shape index (κ2) is 7.88. The van der Waals surface area contributed by atoms with E-state index in [0.29, 0.717) is 9.93 Å². The van der Waals surface area contributed by atoms with E-state index in [9.17, 15) is 9.59 Å². The quantitative estimate of drug-likeness (QED) is 0.497. The van der Waals surface area contributed by atoms with Crippen LogP contribution in [0.2, 0.25) is 5.02 Å². The number of rotatable bonds is 3. The van der Waals surface area contributed by atoms with Gasteiger partial charge in [-0.3, -0.25) is 14.5 Å². The van der Waals surface area contributed by atoms with Gasteiger partial charge < -0.3 is 4.90 Å². The maximum Gasteiger partial charge on any atom is 0.293 e. The molecule has 0 saturated carbocycles. The molecular formula is C25H25ClN2O2S. The van der Waals surface area contributed by atoms with Crippen molar-refractivity contribution in [1.82, 2.24) is 4.90 Å². The molecule has 4 nitrogen and oxygen atoms in total. The summed E-state index contributed by atoms with van der Waals surface area (Å²) >= 11 is 6.93. The number of benzene rings is 2. The van der Waals surface area contributed by atoms with Gasteiger partial charge in [0.05, 0.1) is 17.0 Å². The number of imide groups is 1. The van der Waals surface area contributed by atoms with Gasteiger partial charge in [-0.2, -0.15) is 0 Å². The van der Waals surface area contributed by atoms with E-state index in [2.05, 4.69) is 50.9 Å². The van der Waals surface area contributed by atoms with Crippen LogP contribution in [0.25, 0.3) is 11.6 Å². The summed E-state index contributed by atoms with van der Waals surface area (Å²) in [6, 6.07) is 11.5. The van der Waals surface area contributed by atoms with Crippen molar-refractivity contribution in [1.29, 1.82) is 0 Å². The number of allylic oxidation sites excluding steroid dienone is 1. The molecular weight excluding hydrogens is 428 g/mol. The van der Waals surface area contributed by atoms with Crippen molar-refractivity contribution < 1.29 is 9.59 Å². The van der Waals surface area contributed by atoms with Crippen molar-refractivity contribution >= 4 is 51.8 Å². The second-order valence-electron chi connectivity index (χ2n) is 8.66. The minimum Gasteiger partial charge on any atom is -0.365 e. The molecule has 6 heteroatoms. The molecule has 2 heterocycles. The van der Waals surface area contributed by atoms with Crippen molar-refractivity contribution in [3.8, 4) is 0 Å². The molecule has 0 bridgehead atoms. The Labute approximate surface area is 192 Å².